The average Bonchev–Trinajstić information content (AvgIpc) is 2.90. The Bertz CT molecular complexity index is 464. The van der Waals surface area contributed by atoms with E-state index in [-0.39, 0.29) is 5.82 Å². The van der Waals surface area contributed by atoms with Gasteiger partial charge in [-0.05, 0) is 37.2 Å². The molecule has 2 aliphatic heterocycles. The molecule has 2 nitrogen and oxygen atoms in total. The molecule has 0 N–H and O–H groups in total. The maximum absolute atomic E-state index is 13.3. The Morgan fingerprint density at radius 1 is 1.05 bits per heavy atom. The van der Waals surface area contributed by atoms with Gasteiger partial charge in [0.25, 0.3) is 0 Å². The fourth-order valence-electron chi connectivity index (χ4n) is 3.22. The quantitative estimate of drug-likeness (QED) is 0.833. The van der Waals surface area contributed by atoms with E-state index in [0.29, 0.717) is 0 Å². The number of nitrogens with zero attached hydrogens (tertiary/aromatic N) is 2. The van der Waals surface area contributed by atoms with Gasteiger partial charge in [0.05, 0.1) is 0 Å². The average molecular weight is 341 g/mol. The van der Waals surface area contributed by atoms with Crippen molar-refractivity contribution in [2.45, 2.75) is 19.0 Å². The van der Waals surface area contributed by atoms with Crippen LogP contribution in [0.3, 0.4) is 0 Å². The monoisotopic (exact) mass is 340 g/mol. The van der Waals surface area contributed by atoms with Crippen molar-refractivity contribution in [3.05, 3.63) is 35.6 Å². The molecule has 2 fully saturated rings. The van der Waals surface area contributed by atoms with Crippen molar-refractivity contribution in [2.24, 2.45) is 0 Å². The van der Waals surface area contributed by atoms with Gasteiger partial charge in [0, 0.05) is 48.7 Å². The molecule has 22 heavy (non-hydrogen) atoms. The number of thioether (sulfide) groups is 2. The van der Waals surface area contributed by atoms with Crippen molar-refractivity contribution in [1.29, 1.82) is 0 Å². The first-order valence-electron chi connectivity index (χ1n) is 8.17. The highest BCUT2D eigenvalue weighted by molar-refractivity contribution is 8.03. The summed E-state index contributed by atoms with van der Waals surface area (Å²) in [6, 6.07) is 7.78. The fraction of sp³-hybridized carbons (Fsp3) is 0.647. The summed E-state index contributed by atoms with van der Waals surface area (Å²) in [5.41, 5.74) is 1.09. The molecular formula is C17H25FN2S2. The molecule has 0 radical (unpaired) electrons. The fourth-order valence-corrected chi connectivity index (χ4v) is 5.85. The van der Waals surface area contributed by atoms with Crippen LogP contribution in [0.2, 0.25) is 0 Å². The minimum atomic E-state index is -0.124. The molecule has 0 spiro atoms. The van der Waals surface area contributed by atoms with Gasteiger partial charge in [-0.1, -0.05) is 12.1 Å². The zero-order chi connectivity index (χ0) is 15.2. The summed E-state index contributed by atoms with van der Waals surface area (Å²) in [4.78, 5) is 5.17. The van der Waals surface area contributed by atoms with E-state index in [4.69, 9.17) is 0 Å². The second-order valence-corrected chi connectivity index (χ2v) is 8.40. The molecular weight excluding hydrogens is 315 g/mol. The molecule has 2 saturated heterocycles. The van der Waals surface area contributed by atoms with Crippen molar-refractivity contribution in [3.8, 4) is 0 Å². The van der Waals surface area contributed by atoms with Crippen LogP contribution in [-0.4, -0.2) is 65.0 Å². The zero-order valence-corrected chi connectivity index (χ0v) is 14.7. The van der Waals surface area contributed by atoms with Crippen molar-refractivity contribution in [2.75, 3.05) is 49.2 Å². The Morgan fingerprint density at radius 2 is 1.86 bits per heavy atom. The first-order chi connectivity index (χ1) is 10.8. The topological polar surface area (TPSA) is 6.48 Å². The third-order valence-electron chi connectivity index (χ3n) is 4.43. The van der Waals surface area contributed by atoms with Crippen molar-refractivity contribution < 1.29 is 4.39 Å². The normalized spacial score (nSPS) is 23.1. The van der Waals surface area contributed by atoms with E-state index in [0.717, 1.165) is 37.8 Å². The van der Waals surface area contributed by atoms with E-state index in [1.807, 2.05) is 12.1 Å². The summed E-state index contributed by atoms with van der Waals surface area (Å²) in [6.07, 6.45) is 1.22. The van der Waals surface area contributed by atoms with Gasteiger partial charge in [0.15, 0.2) is 0 Å². The smallest absolute Gasteiger partial charge is 0.123 e. The van der Waals surface area contributed by atoms with Gasteiger partial charge < -0.3 is 0 Å². The summed E-state index contributed by atoms with van der Waals surface area (Å²) in [7, 11) is 0. The highest BCUT2D eigenvalue weighted by atomic mass is 32.2. The third-order valence-corrected chi connectivity index (χ3v) is 6.91. The molecule has 0 bridgehead atoms. The Kier molecular flexibility index (Phi) is 6.48. The van der Waals surface area contributed by atoms with Crippen LogP contribution in [0.15, 0.2) is 24.3 Å². The minimum Gasteiger partial charge on any atom is -0.298 e. The third kappa shape index (κ3) is 4.88. The lowest BCUT2D eigenvalue weighted by atomic mass is 10.2. The molecule has 1 aromatic carbocycles. The lowest BCUT2D eigenvalue weighted by Gasteiger charge is -2.29. The molecule has 0 aromatic heterocycles. The Hall–Kier alpha value is -0.230. The first-order valence-corrected chi connectivity index (χ1v) is 10.5. The number of rotatable bonds is 3. The minimum absolute atomic E-state index is 0.124. The highest BCUT2D eigenvalue weighted by Gasteiger charge is 2.23. The highest BCUT2D eigenvalue weighted by Crippen LogP contribution is 2.22. The van der Waals surface area contributed by atoms with E-state index in [2.05, 4.69) is 33.3 Å². The van der Waals surface area contributed by atoms with Crippen molar-refractivity contribution in [3.63, 3.8) is 0 Å². The second-order valence-electron chi connectivity index (χ2n) is 6.10. The van der Waals surface area contributed by atoms with Crippen LogP contribution in [0.4, 0.5) is 4.39 Å². The van der Waals surface area contributed by atoms with Crippen molar-refractivity contribution >= 4 is 23.5 Å². The predicted molar refractivity (Wildman–Crippen MR) is 96.3 cm³/mol. The lowest BCUT2D eigenvalue weighted by Crippen LogP contribution is -2.41. The molecule has 0 unspecified atom stereocenters. The van der Waals surface area contributed by atoms with Crippen LogP contribution in [0.5, 0.6) is 0 Å². The van der Waals surface area contributed by atoms with Crippen LogP contribution in [0, 0.1) is 5.82 Å². The van der Waals surface area contributed by atoms with Gasteiger partial charge in [-0.15, -0.1) is 0 Å². The summed E-state index contributed by atoms with van der Waals surface area (Å²) >= 11 is 4.22. The molecule has 0 aliphatic carbocycles. The maximum atomic E-state index is 13.3. The molecule has 0 amide bonds. The number of hydrogen-bond donors (Lipinski definition) is 0. The van der Waals surface area contributed by atoms with Gasteiger partial charge in [-0.25, -0.2) is 4.39 Å². The maximum Gasteiger partial charge on any atom is 0.123 e. The molecule has 0 saturated carbocycles. The van der Waals surface area contributed by atoms with E-state index in [1.165, 1.54) is 42.0 Å². The van der Waals surface area contributed by atoms with Gasteiger partial charge in [0.2, 0.25) is 0 Å². The molecule has 1 aromatic rings. The van der Waals surface area contributed by atoms with Crippen LogP contribution in [0.1, 0.15) is 12.0 Å². The summed E-state index contributed by atoms with van der Waals surface area (Å²) in [6.45, 7) is 5.47. The Labute approximate surface area is 141 Å². The number of benzene rings is 1. The predicted octanol–water partition coefficient (Wildman–Crippen LogP) is 3.18. The molecule has 0 atom stereocenters. The lowest BCUT2D eigenvalue weighted by molar-refractivity contribution is 0.223. The standard InChI is InChI=1S/C17H25FN2S2/c18-16-4-1-3-15(11-16)12-19-5-2-6-20(8-7-19)17-13-21-9-10-22-14-17/h1,3-4,11,17H,2,5-10,12-14H2. The van der Waals surface area contributed by atoms with Gasteiger partial charge >= 0.3 is 0 Å². The van der Waals surface area contributed by atoms with Crippen LogP contribution >= 0.6 is 23.5 Å². The molecule has 122 valence electrons. The van der Waals surface area contributed by atoms with E-state index in [9.17, 15) is 4.39 Å². The first kappa shape index (κ1) is 16.6. The van der Waals surface area contributed by atoms with Gasteiger partial charge in [-0.3, -0.25) is 9.80 Å². The van der Waals surface area contributed by atoms with Crippen molar-refractivity contribution in [1.82, 2.24) is 9.80 Å². The van der Waals surface area contributed by atoms with Gasteiger partial charge in [0.1, 0.15) is 5.82 Å². The number of halogens is 1. The molecule has 2 aliphatic rings. The van der Waals surface area contributed by atoms with Crippen LogP contribution < -0.4 is 0 Å². The van der Waals surface area contributed by atoms with Crippen LogP contribution in [-0.2, 0) is 6.54 Å². The van der Waals surface area contributed by atoms with E-state index >= 15 is 0 Å². The SMILES string of the molecule is Fc1cccc(CN2CCCN(C3CSCCSC3)CC2)c1. The second kappa shape index (κ2) is 8.57. The largest absolute Gasteiger partial charge is 0.298 e. The van der Waals surface area contributed by atoms with E-state index < -0.39 is 0 Å². The Balaban J connectivity index is 1.53. The Morgan fingerprint density at radius 3 is 2.64 bits per heavy atom. The summed E-state index contributed by atoms with van der Waals surface area (Å²) in [5, 5.41) is 0. The van der Waals surface area contributed by atoms with Crippen LogP contribution in [0.25, 0.3) is 0 Å². The van der Waals surface area contributed by atoms with Gasteiger partial charge in [-0.2, -0.15) is 23.5 Å². The number of hydrogen-bond acceptors (Lipinski definition) is 4. The molecule has 3 rings (SSSR count). The molecule has 2 heterocycles. The molecule has 5 heteroatoms. The van der Waals surface area contributed by atoms with E-state index in [1.54, 1.807) is 6.07 Å². The summed E-state index contributed by atoms with van der Waals surface area (Å²) < 4.78 is 13.3. The summed E-state index contributed by atoms with van der Waals surface area (Å²) in [5.74, 6) is 5.07. The zero-order valence-electron chi connectivity index (χ0n) is 13.0.